The predicted molar refractivity (Wildman–Crippen MR) is 113 cm³/mol. The Labute approximate surface area is 165 Å². The number of rotatable bonds is 7. The van der Waals surface area contributed by atoms with Gasteiger partial charge in [-0.15, -0.1) is 24.0 Å². The Kier molecular flexibility index (Phi) is 11.3. The summed E-state index contributed by atoms with van der Waals surface area (Å²) in [7, 11) is 0. The number of guanidine groups is 1. The van der Waals surface area contributed by atoms with E-state index in [0.717, 1.165) is 45.0 Å². The van der Waals surface area contributed by atoms with Crippen molar-refractivity contribution in [2.24, 2.45) is 4.99 Å². The van der Waals surface area contributed by atoms with Crippen LogP contribution in [-0.4, -0.2) is 62.3 Å². The summed E-state index contributed by atoms with van der Waals surface area (Å²) in [4.78, 5) is 7.34. The first kappa shape index (κ1) is 22.0. The van der Waals surface area contributed by atoms with Gasteiger partial charge in [-0.2, -0.15) is 0 Å². The van der Waals surface area contributed by atoms with Gasteiger partial charge in [-0.05, 0) is 65.6 Å². The summed E-state index contributed by atoms with van der Waals surface area (Å²) in [5.74, 6) is 0.931. The normalized spacial score (nSPS) is 25.8. The maximum Gasteiger partial charge on any atom is 0.191 e. The number of likely N-dealkylation sites (tertiary alicyclic amines) is 1. The van der Waals surface area contributed by atoms with Gasteiger partial charge in [0.05, 0.1) is 12.1 Å². The first-order valence-corrected chi connectivity index (χ1v) is 9.60. The van der Waals surface area contributed by atoms with E-state index in [0.29, 0.717) is 0 Å². The van der Waals surface area contributed by atoms with Crippen molar-refractivity contribution in [2.45, 2.75) is 64.4 Å². The minimum absolute atomic E-state index is 0. The molecule has 0 aromatic rings. The molecular weight excluding hydrogens is 415 g/mol. The molecule has 5 nitrogen and oxygen atoms in total. The molecule has 1 atom stereocenters. The molecule has 2 fully saturated rings. The molecule has 0 aliphatic carbocycles. The van der Waals surface area contributed by atoms with Gasteiger partial charge in [-0.1, -0.05) is 12.8 Å². The van der Waals surface area contributed by atoms with Crippen molar-refractivity contribution in [3.8, 4) is 0 Å². The van der Waals surface area contributed by atoms with Crippen LogP contribution >= 0.6 is 24.0 Å². The molecule has 0 saturated carbocycles. The van der Waals surface area contributed by atoms with E-state index in [-0.39, 0.29) is 29.6 Å². The molecule has 2 aliphatic rings. The minimum atomic E-state index is -0.0611. The molecule has 24 heavy (non-hydrogen) atoms. The smallest absolute Gasteiger partial charge is 0.191 e. The van der Waals surface area contributed by atoms with Crippen LogP contribution in [0.15, 0.2) is 4.99 Å². The van der Waals surface area contributed by atoms with Crippen LogP contribution in [0, 0.1) is 0 Å². The summed E-state index contributed by atoms with van der Waals surface area (Å²) in [6.07, 6.45) is 9.01. The van der Waals surface area contributed by atoms with Crippen LogP contribution < -0.4 is 10.6 Å². The van der Waals surface area contributed by atoms with Crippen molar-refractivity contribution in [1.82, 2.24) is 15.5 Å². The molecule has 2 saturated heterocycles. The van der Waals surface area contributed by atoms with Gasteiger partial charge in [0.1, 0.15) is 0 Å². The minimum Gasteiger partial charge on any atom is -0.373 e. The second-order valence-corrected chi connectivity index (χ2v) is 7.13. The summed E-state index contributed by atoms with van der Waals surface area (Å²) in [6.45, 7) is 11.6. The van der Waals surface area contributed by atoms with Crippen LogP contribution in [0.3, 0.4) is 0 Å². The van der Waals surface area contributed by atoms with Gasteiger partial charge in [0.2, 0.25) is 0 Å². The Morgan fingerprint density at radius 3 is 2.50 bits per heavy atom. The fourth-order valence-corrected chi connectivity index (χ4v) is 3.42. The van der Waals surface area contributed by atoms with Crippen LogP contribution in [0.5, 0.6) is 0 Å². The van der Waals surface area contributed by atoms with Gasteiger partial charge < -0.3 is 20.3 Å². The maximum absolute atomic E-state index is 5.82. The molecule has 2 heterocycles. The van der Waals surface area contributed by atoms with Crippen molar-refractivity contribution in [3.05, 3.63) is 0 Å². The lowest BCUT2D eigenvalue weighted by Gasteiger charge is -2.22. The lowest BCUT2D eigenvalue weighted by molar-refractivity contribution is 0.0283. The molecule has 0 aromatic carbocycles. The second kappa shape index (κ2) is 12.3. The van der Waals surface area contributed by atoms with E-state index in [4.69, 9.17) is 9.73 Å². The molecule has 6 heteroatoms. The van der Waals surface area contributed by atoms with E-state index in [1.807, 2.05) is 0 Å². The third kappa shape index (κ3) is 8.34. The largest absolute Gasteiger partial charge is 0.373 e. The maximum atomic E-state index is 5.82. The Balaban J connectivity index is 0.00000288. The fraction of sp³-hybridized carbons (Fsp3) is 0.944. The Bertz CT molecular complexity index is 351. The zero-order valence-electron chi connectivity index (χ0n) is 15.6. The monoisotopic (exact) mass is 452 g/mol. The van der Waals surface area contributed by atoms with Crippen molar-refractivity contribution >= 4 is 29.9 Å². The summed E-state index contributed by atoms with van der Waals surface area (Å²) in [6, 6.07) is 0. The van der Waals surface area contributed by atoms with Crippen molar-refractivity contribution in [2.75, 3.05) is 45.9 Å². The molecule has 0 radical (unpaired) electrons. The van der Waals surface area contributed by atoms with Gasteiger partial charge in [0, 0.05) is 19.7 Å². The SMILES string of the molecule is CCNC(=NCC1(C)CCCO1)NCCCN1CCCCCC1.I. The molecule has 0 spiro atoms. The first-order chi connectivity index (χ1) is 11.2. The van der Waals surface area contributed by atoms with E-state index < -0.39 is 0 Å². The van der Waals surface area contributed by atoms with E-state index in [2.05, 4.69) is 29.4 Å². The van der Waals surface area contributed by atoms with Gasteiger partial charge in [-0.25, -0.2) is 0 Å². The van der Waals surface area contributed by atoms with E-state index >= 15 is 0 Å². The number of ether oxygens (including phenoxy) is 1. The highest BCUT2D eigenvalue weighted by Gasteiger charge is 2.29. The zero-order valence-corrected chi connectivity index (χ0v) is 17.9. The zero-order chi connectivity index (χ0) is 16.4. The van der Waals surface area contributed by atoms with Gasteiger partial charge >= 0.3 is 0 Å². The van der Waals surface area contributed by atoms with E-state index in [1.165, 1.54) is 51.7 Å². The summed E-state index contributed by atoms with van der Waals surface area (Å²) in [5, 5.41) is 6.82. The second-order valence-electron chi connectivity index (χ2n) is 7.13. The topological polar surface area (TPSA) is 48.9 Å². The summed E-state index contributed by atoms with van der Waals surface area (Å²) < 4.78 is 5.82. The van der Waals surface area contributed by atoms with Gasteiger partial charge in [-0.3, -0.25) is 4.99 Å². The van der Waals surface area contributed by atoms with Crippen molar-refractivity contribution in [1.29, 1.82) is 0 Å². The predicted octanol–water partition coefficient (Wildman–Crippen LogP) is 2.99. The van der Waals surface area contributed by atoms with Crippen LogP contribution in [-0.2, 0) is 4.74 Å². The number of halogens is 1. The number of hydrogen-bond acceptors (Lipinski definition) is 3. The molecule has 2 N–H and O–H groups in total. The molecule has 1 unspecified atom stereocenters. The van der Waals surface area contributed by atoms with Gasteiger partial charge in [0.15, 0.2) is 5.96 Å². The Morgan fingerprint density at radius 1 is 1.12 bits per heavy atom. The third-order valence-electron chi connectivity index (χ3n) is 4.86. The summed E-state index contributed by atoms with van der Waals surface area (Å²) in [5.41, 5.74) is -0.0611. The fourth-order valence-electron chi connectivity index (χ4n) is 3.42. The molecule has 142 valence electrons. The lowest BCUT2D eigenvalue weighted by atomic mass is 10.0. The average Bonchev–Trinajstić information content (AvgIpc) is 2.82. The van der Waals surface area contributed by atoms with E-state index in [1.54, 1.807) is 0 Å². The number of hydrogen-bond donors (Lipinski definition) is 2. The molecule has 0 amide bonds. The Morgan fingerprint density at radius 2 is 1.88 bits per heavy atom. The van der Waals surface area contributed by atoms with Crippen LogP contribution in [0.1, 0.15) is 58.8 Å². The lowest BCUT2D eigenvalue weighted by Crippen LogP contribution is -2.40. The standard InChI is InChI=1S/C18H36N4O.HI/c1-3-19-17(21-16-18(2)10-8-15-23-18)20-11-9-14-22-12-6-4-5-7-13-22;/h3-16H2,1-2H3,(H2,19,20,21);1H. The van der Waals surface area contributed by atoms with Crippen LogP contribution in [0.25, 0.3) is 0 Å². The third-order valence-corrected chi connectivity index (χ3v) is 4.86. The van der Waals surface area contributed by atoms with Crippen LogP contribution in [0.2, 0.25) is 0 Å². The number of nitrogens with one attached hydrogen (secondary N) is 2. The van der Waals surface area contributed by atoms with Gasteiger partial charge in [0.25, 0.3) is 0 Å². The molecule has 0 bridgehead atoms. The summed E-state index contributed by atoms with van der Waals surface area (Å²) >= 11 is 0. The number of nitrogens with zero attached hydrogens (tertiary/aromatic N) is 2. The quantitative estimate of drug-likeness (QED) is 0.270. The molecule has 0 aromatic heterocycles. The average molecular weight is 452 g/mol. The van der Waals surface area contributed by atoms with E-state index in [9.17, 15) is 0 Å². The Hall–Kier alpha value is -0.0800. The van der Waals surface area contributed by atoms with Crippen molar-refractivity contribution in [3.63, 3.8) is 0 Å². The highest BCUT2D eigenvalue weighted by Crippen LogP contribution is 2.24. The molecule has 2 aliphatic heterocycles. The van der Waals surface area contributed by atoms with Crippen molar-refractivity contribution < 1.29 is 4.74 Å². The highest BCUT2D eigenvalue weighted by molar-refractivity contribution is 14.0. The molecule has 2 rings (SSSR count). The highest BCUT2D eigenvalue weighted by atomic mass is 127. The van der Waals surface area contributed by atoms with Crippen LogP contribution in [0.4, 0.5) is 0 Å². The molecular formula is C18H37IN4O. The first-order valence-electron chi connectivity index (χ1n) is 9.60. The number of aliphatic imine (C=N–C) groups is 1.